The summed E-state index contributed by atoms with van der Waals surface area (Å²) in [7, 11) is 0. The number of ether oxygens (including phenoxy) is 5. The van der Waals surface area contributed by atoms with Gasteiger partial charge in [0.1, 0.15) is 5.60 Å². The second-order valence-electron chi connectivity index (χ2n) is 16.5. The number of nitrogens with zero attached hydrogens (tertiary/aromatic N) is 2. The first-order valence-corrected chi connectivity index (χ1v) is 18.3. The van der Waals surface area contributed by atoms with E-state index in [0.717, 1.165) is 0 Å². The highest BCUT2D eigenvalue weighted by atomic mass is 16.6. The van der Waals surface area contributed by atoms with Gasteiger partial charge in [0.15, 0.2) is 0 Å². The van der Waals surface area contributed by atoms with Crippen molar-refractivity contribution in [1.29, 1.82) is 0 Å². The van der Waals surface area contributed by atoms with Crippen LogP contribution in [-0.2, 0) is 23.7 Å². The molecule has 0 saturated carbocycles. The molecule has 0 fully saturated rings. The summed E-state index contributed by atoms with van der Waals surface area (Å²) in [4.78, 5) is 61.9. The Morgan fingerprint density at radius 3 is 1.22 bits per heavy atom. The van der Waals surface area contributed by atoms with E-state index in [-0.39, 0.29) is 47.0 Å². The molecule has 0 spiro atoms. The van der Waals surface area contributed by atoms with Gasteiger partial charge in [-0.15, -0.1) is 0 Å². The minimum absolute atomic E-state index is 0.171. The van der Waals surface area contributed by atoms with Crippen molar-refractivity contribution >= 4 is 29.7 Å². The Bertz CT molecular complexity index is 1510. The van der Waals surface area contributed by atoms with Crippen LogP contribution in [-0.4, -0.2) is 115 Å². The number of carbonyl (C=O) groups excluding carboxylic acids is 5. The van der Waals surface area contributed by atoms with Gasteiger partial charge in [-0.05, 0) is 107 Å². The van der Waals surface area contributed by atoms with E-state index in [2.05, 4.69) is 5.32 Å². The Kier molecular flexibility index (Phi) is 17.0. The van der Waals surface area contributed by atoms with Crippen molar-refractivity contribution < 1.29 is 47.7 Å². The van der Waals surface area contributed by atoms with E-state index in [0.29, 0.717) is 68.4 Å². The maximum Gasteiger partial charge on any atom is 0.407 e. The Morgan fingerprint density at radius 2 is 0.852 bits per heavy atom. The van der Waals surface area contributed by atoms with Crippen LogP contribution in [0.3, 0.4) is 0 Å². The number of amides is 5. The maximum absolute atomic E-state index is 12.1. The SMILES string of the molecule is CC(C)(C)OCCN1C(=O)c2ccccc2C1=O.CC(C)(C)OCCNC(=O)OC(C)(C)C.CC(C)(C)OCCOCCN1C(=O)c2ccccc2C1=O. The van der Waals surface area contributed by atoms with E-state index in [4.69, 9.17) is 23.7 Å². The largest absolute Gasteiger partial charge is 0.444 e. The van der Waals surface area contributed by atoms with Crippen molar-refractivity contribution in [3.05, 3.63) is 70.8 Å². The molecule has 2 aromatic rings. The first-order valence-electron chi connectivity index (χ1n) is 18.3. The Hall–Kier alpha value is -4.17. The molecule has 2 heterocycles. The summed E-state index contributed by atoms with van der Waals surface area (Å²) in [5.74, 6) is -0.948. The Morgan fingerprint density at radius 1 is 0.500 bits per heavy atom. The lowest BCUT2D eigenvalue weighted by molar-refractivity contribution is -0.0357. The smallest absolute Gasteiger partial charge is 0.407 e. The van der Waals surface area contributed by atoms with Crippen molar-refractivity contribution in [1.82, 2.24) is 15.1 Å². The number of carbonyl (C=O) groups is 5. The maximum atomic E-state index is 12.1. The standard InChI is InChI=1S/C16H21NO4.C14H17NO3.C11H23NO3/c1-16(2,3)21-11-10-20-9-8-17-14(18)12-6-4-5-7-13(12)15(17)19;1-14(2,3)18-9-8-15-12(16)10-6-4-5-7-11(10)13(15)17;1-10(2,3)14-8-7-12-9(13)15-11(4,5)6/h4-7H,8-11H2,1-3H3;4-7H,8-9H2,1-3H3;7-8H2,1-6H3,(H,12,13). The molecule has 13 nitrogen and oxygen atoms in total. The molecule has 0 unspecified atom stereocenters. The van der Waals surface area contributed by atoms with Crippen LogP contribution in [0.25, 0.3) is 0 Å². The number of hydrogen-bond donors (Lipinski definition) is 1. The highest BCUT2D eigenvalue weighted by molar-refractivity contribution is 6.22. The normalized spacial score (nSPS) is 14.2. The van der Waals surface area contributed by atoms with E-state index >= 15 is 0 Å². The molecular formula is C41H61N3O10. The van der Waals surface area contributed by atoms with Crippen LogP contribution >= 0.6 is 0 Å². The molecule has 0 bridgehead atoms. The van der Waals surface area contributed by atoms with Crippen molar-refractivity contribution in [2.24, 2.45) is 0 Å². The van der Waals surface area contributed by atoms with Gasteiger partial charge in [-0.25, -0.2) is 4.79 Å². The van der Waals surface area contributed by atoms with Gasteiger partial charge in [-0.1, -0.05) is 24.3 Å². The van der Waals surface area contributed by atoms with E-state index in [1.165, 1.54) is 9.80 Å². The summed E-state index contributed by atoms with van der Waals surface area (Å²) in [5, 5.41) is 2.63. The van der Waals surface area contributed by atoms with Gasteiger partial charge in [0.05, 0.1) is 85.2 Å². The monoisotopic (exact) mass is 755 g/mol. The van der Waals surface area contributed by atoms with E-state index < -0.39 is 11.7 Å². The summed E-state index contributed by atoms with van der Waals surface area (Å²) in [6, 6.07) is 13.8. The topological polar surface area (TPSA) is 150 Å². The lowest BCUT2D eigenvalue weighted by Gasteiger charge is -2.21. The first-order chi connectivity index (χ1) is 24.9. The molecule has 0 radical (unpaired) electrons. The van der Waals surface area contributed by atoms with Gasteiger partial charge in [0, 0.05) is 6.54 Å². The zero-order chi connectivity index (χ0) is 40.9. The summed E-state index contributed by atoms with van der Waals surface area (Å²) < 4.78 is 27.0. The quantitative estimate of drug-likeness (QED) is 0.187. The fraction of sp³-hybridized carbons (Fsp3) is 0.585. The average molecular weight is 756 g/mol. The van der Waals surface area contributed by atoms with Crippen molar-refractivity contribution in [2.45, 2.75) is 105 Å². The second kappa shape index (κ2) is 19.9. The lowest BCUT2D eigenvalue weighted by atomic mass is 10.1. The Labute approximate surface area is 321 Å². The summed E-state index contributed by atoms with van der Waals surface area (Å²) in [5.41, 5.74) is 0.837. The number of imide groups is 2. The summed E-state index contributed by atoms with van der Waals surface area (Å²) in [6.07, 6.45) is -0.403. The van der Waals surface area contributed by atoms with E-state index in [1.807, 2.05) is 83.1 Å². The van der Waals surface area contributed by atoms with Crippen molar-refractivity contribution in [3.63, 3.8) is 0 Å². The van der Waals surface area contributed by atoms with Gasteiger partial charge < -0.3 is 29.0 Å². The third-order valence-electron chi connectivity index (χ3n) is 7.13. The second-order valence-corrected chi connectivity index (χ2v) is 16.5. The fourth-order valence-corrected chi connectivity index (χ4v) is 4.82. The molecule has 0 atom stereocenters. The molecule has 1 N–H and O–H groups in total. The molecule has 4 rings (SSSR count). The van der Waals surface area contributed by atoms with E-state index in [9.17, 15) is 24.0 Å². The molecule has 54 heavy (non-hydrogen) atoms. The Balaban J connectivity index is 0.000000285. The highest BCUT2D eigenvalue weighted by Crippen LogP contribution is 2.23. The molecule has 2 aromatic carbocycles. The third-order valence-corrected chi connectivity index (χ3v) is 7.13. The van der Waals surface area contributed by atoms with Crippen LogP contribution < -0.4 is 5.32 Å². The van der Waals surface area contributed by atoms with Crippen molar-refractivity contribution in [2.75, 3.05) is 52.7 Å². The number of nitrogens with one attached hydrogen (secondary N) is 1. The van der Waals surface area contributed by atoms with E-state index in [1.54, 1.807) is 48.5 Å². The van der Waals surface area contributed by atoms with Gasteiger partial charge >= 0.3 is 6.09 Å². The van der Waals surface area contributed by atoms with Crippen LogP contribution in [0.4, 0.5) is 4.79 Å². The molecule has 0 saturated heterocycles. The molecule has 2 aliphatic rings. The first kappa shape index (κ1) is 46.0. The minimum Gasteiger partial charge on any atom is -0.444 e. The number of alkyl carbamates (subject to hydrolysis) is 1. The summed E-state index contributed by atoms with van der Waals surface area (Å²) in [6.45, 7) is 26.3. The predicted molar refractivity (Wildman–Crippen MR) is 206 cm³/mol. The van der Waals surface area contributed by atoms with Crippen LogP contribution in [0.1, 0.15) is 125 Å². The number of rotatable bonds is 12. The van der Waals surface area contributed by atoms with Gasteiger partial charge in [0.2, 0.25) is 0 Å². The molecule has 0 aromatic heterocycles. The van der Waals surface area contributed by atoms with Gasteiger partial charge in [0.25, 0.3) is 23.6 Å². The molecule has 5 amide bonds. The zero-order valence-corrected chi connectivity index (χ0v) is 34.3. The van der Waals surface area contributed by atoms with Crippen LogP contribution in [0, 0.1) is 0 Å². The molecule has 300 valence electrons. The lowest BCUT2D eigenvalue weighted by Crippen LogP contribution is -2.35. The van der Waals surface area contributed by atoms with Crippen LogP contribution in [0.2, 0.25) is 0 Å². The molecule has 2 aliphatic heterocycles. The third kappa shape index (κ3) is 16.5. The van der Waals surface area contributed by atoms with Gasteiger partial charge in [-0.3, -0.25) is 29.0 Å². The average Bonchev–Trinajstić information content (AvgIpc) is 3.43. The molecule has 0 aliphatic carbocycles. The highest BCUT2D eigenvalue weighted by Gasteiger charge is 2.35. The molecule has 13 heteroatoms. The molecular weight excluding hydrogens is 694 g/mol. The predicted octanol–water partition coefficient (Wildman–Crippen LogP) is 6.54. The minimum atomic E-state index is -0.449. The van der Waals surface area contributed by atoms with Crippen LogP contribution in [0.5, 0.6) is 0 Å². The number of benzene rings is 2. The van der Waals surface area contributed by atoms with Gasteiger partial charge in [-0.2, -0.15) is 0 Å². The fourth-order valence-electron chi connectivity index (χ4n) is 4.82. The van der Waals surface area contributed by atoms with Crippen molar-refractivity contribution in [3.8, 4) is 0 Å². The number of hydrogen-bond acceptors (Lipinski definition) is 10. The van der Waals surface area contributed by atoms with Crippen LogP contribution in [0.15, 0.2) is 48.5 Å². The number of fused-ring (bicyclic) bond motifs is 2. The zero-order valence-electron chi connectivity index (χ0n) is 34.3. The summed E-state index contributed by atoms with van der Waals surface area (Å²) >= 11 is 0.